The maximum Gasteiger partial charge on any atom is 0.251 e. The minimum Gasteiger partial charge on any atom is -0.364 e. The van der Waals surface area contributed by atoms with E-state index in [-0.39, 0.29) is 11.3 Å². The Morgan fingerprint density at radius 1 is 1.36 bits per heavy atom. The van der Waals surface area contributed by atoms with Crippen LogP contribution in [0.15, 0.2) is 23.6 Å². The summed E-state index contributed by atoms with van der Waals surface area (Å²) >= 11 is 1.71. The van der Waals surface area contributed by atoms with Crippen molar-refractivity contribution in [1.29, 1.82) is 0 Å². The molecule has 148 valence electrons. The first-order valence-corrected chi connectivity index (χ1v) is 11.2. The van der Waals surface area contributed by atoms with Crippen molar-refractivity contribution < 1.29 is 4.79 Å². The maximum absolute atomic E-state index is 12.7. The summed E-state index contributed by atoms with van der Waals surface area (Å²) in [5.74, 6) is 0.773. The number of aryl methyl sites for hydroxylation is 1. The van der Waals surface area contributed by atoms with Gasteiger partial charge >= 0.3 is 0 Å². The average Bonchev–Trinajstić information content (AvgIpc) is 3.21. The lowest BCUT2D eigenvalue weighted by Crippen LogP contribution is -2.35. The highest BCUT2D eigenvalue weighted by Gasteiger charge is 2.46. The van der Waals surface area contributed by atoms with Crippen molar-refractivity contribution in [2.75, 3.05) is 38.1 Å². The van der Waals surface area contributed by atoms with Gasteiger partial charge in [0.2, 0.25) is 0 Å². The van der Waals surface area contributed by atoms with Crippen molar-refractivity contribution in [3.63, 3.8) is 0 Å². The maximum atomic E-state index is 12.7. The fourth-order valence-corrected chi connectivity index (χ4v) is 5.42. The Labute approximate surface area is 170 Å². The predicted octanol–water partition coefficient (Wildman–Crippen LogP) is 3.18. The first kappa shape index (κ1) is 18.1. The number of likely N-dealkylation sites (N-methyl/N-ethyl adjacent to an activating group) is 1. The van der Waals surface area contributed by atoms with Crippen molar-refractivity contribution in [3.8, 4) is 0 Å². The molecule has 0 bridgehead atoms. The molecule has 5 nitrogen and oxygen atoms in total. The summed E-state index contributed by atoms with van der Waals surface area (Å²) < 4.78 is 0. The van der Waals surface area contributed by atoms with E-state index in [1.807, 2.05) is 6.07 Å². The number of hydrogen-bond donors (Lipinski definition) is 1. The second-order valence-corrected chi connectivity index (χ2v) is 9.93. The molecule has 1 saturated heterocycles. The van der Waals surface area contributed by atoms with E-state index in [1.54, 1.807) is 11.3 Å². The highest BCUT2D eigenvalue weighted by Crippen LogP contribution is 2.47. The number of likely N-dealkylation sites (tertiary alicyclic amines) is 1. The van der Waals surface area contributed by atoms with Crippen LogP contribution in [0.5, 0.6) is 0 Å². The van der Waals surface area contributed by atoms with Crippen molar-refractivity contribution >= 4 is 22.9 Å². The molecule has 1 saturated carbocycles. The van der Waals surface area contributed by atoms with Crippen LogP contribution in [0.1, 0.15) is 45.9 Å². The Bertz CT molecular complexity index is 906. The Kier molecular flexibility index (Phi) is 4.43. The fraction of sp³-hybridized carbons (Fsp3) is 0.545. The van der Waals surface area contributed by atoms with E-state index in [9.17, 15) is 4.79 Å². The van der Waals surface area contributed by atoms with Crippen LogP contribution in [0, 0.1) is 12.8 Å². The molecule has 2 aromatic rings. The van der Waals surface area contributed by atoms with Crippen molar-refractivity contribution in [1.82, 2.24) is 15.2 Å². The van der Waals surface area contributed by atoms with Gasteiger partial charge in [-0.05, 0) is 69.5 Å². The molecule has 1 atom stereocenters. The number of amides is 1. The number of carbonyl (C=O) groups is 1. The highest BCUT2D eigenvalue weighted by atomic mass is 32.1. The molecule has 6 heteroatoms. The number of hydrogen-bond acceptors (Lipinski definition) is 5. The van der Waals surface area contributed by atoms with Crippen LogP contribution in [0.2, 0.25) is 0 Å². The highest BCUT2D eigenvalue weighted by molar-refractivity contribution is 7.09. The molecule has 1 amide bonds. The zero-order valence-corrected chi connectivity index (χ0v) is 17.5. The van der Waals surface area contributed by atoms with Crippen LogP contribution in [-0.2, 0) is 12.0 Å². The fourth-order valence-electron chi connectivity index (χ4n) is 4.82. The van der Waals surface area contributed by atoms with Crippen LogP contribution in [-0.4, -0.2) is 49.0 Å². The Hall–Kier alpha value is -1.92. The smallest absolute Gasteiger partial charge is 0.251 e. The molecular formula is C22H28N4OS. The Morgan fingerprint density at radius 3 is 2.89 bits per heavy atom. The third-order valence-corrected chi connectivity index (χ3v) is 7.30. The van der Waals surface area contributed by atoms with Gasteiger partial charge in [0.1, 0.15) is 0 Å². The van der Waals surface area contributed by atoms with Crippen molar-refractivity contribution in [3.05, 3.63) is 45.4 Å². The first-order chi connectivity index (χ1) is 13.5. The largest absolute Gasteiger partial charge is 0.364 e. The average molecular weight is 397 g/mol. The van der Waals surface area contributed by atoms with E-state index in [0.717, 1.165) is 55.4 Å². The minimum absolute atomic E-state index is 0.0739. The van der Waals surface area contributed by atoms with Gasteiger partial charge in [-0.3, -0.25) is 4.79 Å². The molecule has 1 spiro atoms. The van der Waals surface area contributed by atoms with Crippen molar-refractivity contribution in [2.24, 2.45) is 5.92 Å². The summed E-state index contributed by atoms with van der Waals surface area (Å²) in [6.07, 6.45) is 3.66. The second-order valence-electron chi connectivity index (χ2n) is 8.87. The number of nitrogens with one attached hydrogen (secondary N) is 1. The topological polar surface area (TPSA) is 48.5 Å². The number of nitrogens with zero attached hydrogens (tertiary/aromatic N) is 3. The molecule has 3 aliphatic rings. The summed E-state index contributed by atoms with van der Waals surface area (Å²) in [5.41, 5.74) is 4.70. The molecule has 1 aliphatic carbocycles. The molecule has 1 N–H and O–H groups in total. The predicted molar refractivity (Wildman–Crippen MR) is 113 cm³/mol. The van der Waals surface area contributed by atoms with Gasteiger partial charge in [0, 0.05) is 41.7 Å². The summed E-state index contributed by atoms with van der Waals surface area (Å²) in [6.45, 7) is 6.90. The van der Waals surface area contributed by atoms with Gasteiger partial charge in [0.05, 0.1) is 17.2 Å². The number of aromatic nitrogens is 1. The summed E-state index contributed by atoms with van der Waals surface area (Å²) in [4.78, 5) is 22.2. The number of anilines is 1. The van der Waals surface area contributed by atoms with E-state index in [1.165, 1.54) is 24.1 Å². The number of fused-ring (bicyclic) bond motifs is 2. The van der Waals surface area contributed by atoms with Gasteiger partial charge in [0.25, 0.3) is 5.91 Å². The van der Waals surface area contributed by atoms with E-state index in [2.05, 4.69) is 51.6 Å². The van der Waals surface area contributed by atoms with Gasteiger partial charge in [-0.2, -0.15) is 0 Å². The second kappa shape index (κ2) is 6.85. The van der Waals surface area contributed by atoms with Gasteiger partial charge < -0.3 is 15.1 Å². The number of thiazole rings is 1. The molecular weight excluding hydrogens is 368 g/mol. The van der Waals surface area contributed by atoms with Crippen LogP contribution < -0.4 is 10.2 Å². The monoisotopic (exact) mass is 396 g/mol. The normalized spacial score (nSPS) is 24.1. The summed E-state index contributed by atoms with van der Waals surface area (Å²) in [5, 5.41) is 6.41. The lowest BCUT2D eigenvalue weighted by atomic mass is 9.81. The molecule has 1 aromatic heterocycles. The van der Waals surface area contributed by atoms with E-state index >= 15 is 0 Å². The van der Waals surface area contributed by atoms with Crippen LogP contribution >= 0.6 is 11.3 Å². The third-order valence-electron chi connectivity index (χ3n) is 6.48. The van der Waals surface area contributed by atoms with Gasteiger partial charge in [0.15, 0.2) is 0 Å². The van der Waals surface area contributed by atoms with Crippen LogP contribution in [0.25, 0.3) is 0 Å². The zero-order chi connectivity index (χ0) is 19.3. The minimum atomic E-state index is 0.0739. The molecule has 2 aliphatic heterocycles. The Morgan fingerprint density at radius 2 is 2.21 bits per heavy atom. The molecule has 0 radical (unpaired) electrons. The van der Waals surface area contributed by atoms with Crippen LogP contribution in [0.3, 0.4) is 0 Å². The molecule has 3 heterocycles. The van der Waals surface area contributed by atoms with Gasteiger partial charge in [-0.1, -0.05) is 0 Å². The van der Waals surface area contributed by atoms with Gasteiger partial charge in [-0.15, -0.1) is 11.3 Å². The SMILES string of the molecule is Cc1nc(CN2CC3(CCN(C)C3)c3cc(C(=O)NCC4CC4)ccc32)cs1. The summed E-state index contributed by atoms with van der Waals surface area (Å²) in [7, 11) is 2.20. The van der Waals surface area contributed by atoms with E-state index in [4.69, 9.17) is 0 Å². The Balaban J connectivity index is 1.44. The number of benzene rings is 1. The first-order valence-electron chi connectivity index (χ1n) is 10.3. The molecule has 2 fully saturated rings. The molecule has 1 unspecified atom stereocenters. The molecule has 5 rings (SSSR count). The van der Waals surface area contributed by atoms with E-state index < -0.39 is 0 Å². The van der Waals surface area contributed by atoms with Crippen LogP contribution in [0.4, 0.5) is 5.69 Å². The molecule has 1 aromatic carbocycles. The lowest BCUT2D eigenvalue weighted by Gasteiger charge is -2.25. The quantitative estimate of drug-likeness (QED) is 0.843. The molecule has 28 heavy (non-hydrogen) atoms. The lowest BCUT2D eigenvalue weighted by molar-refractivity contribution is 0.0951. The van der Waals surface area contributed by atoms with Gasteiger partial charge in [-0.25, -0.2) is 4.98 Å². The summed E-state index contributed by atoms with van der Waals surface area (Å²) in [6, 6.07) is 6.33. The van der Waals surface area contributed by atoms with Crippen molar-refractivity contribution in [2.45, 2.75) is 38.1 Å². The third kappa shape index (κ3) is 3.33. The van der Waals surface area contributed by atoms with E-state index in [0.29, 0.717) is 5.92 Å². The zero-order valence-electron chi connectivity index (χ0n) is 16.7. The number of rotatable bonds is 5. The number of carbonyl (C=O) groups excluding carboxylic acids is 1. The standard InChI is InChI=1S/C22H28N4OS/c1-15-24-18(12-28-15)11-26-14-22(7-8-25(2)13-22)19-9-17(5-6-20(19)26)21(27)23-10-16-3-4-16/h5-6,9,12,16H,3-4,7-8,10-11,13-14H2,1-2H3,(H,23,27).